The van der Waals surface area contributed by atoms with Crippen LogP contribution in [0, 0.1) is 0 Å². The zero-order valence-corrected chi connectivity index (χ0v) is 24.6. The number of allylic oxidation sites excluding steroid dienone is 1. The maximum absolute atomic E-state index is 12.4. The highest BCUT2D eigenvalue weighted by Gasteiger charge is 2.30. The molecule has 0 fully saturated rings. The fourth-order valence-electron chi connectivity index (χ4n) is 3.61. The lowest BCUT2D eigenvalue weighted by molar-refractivity contribution is -0.137. The summed E-state index contributed by atoms with van der Waals surface area (Å²) >= 11 is 0. The minimum Gasteiger partial charge on any atom is -0.388 e. The van der Waals surface area contributed by atoms with Gasteiger partial charge in [-0.05, 0) is 85.0 Å². The molecule has 0 aliphatic heterocycles. The molecule has 0 aliphatic rings. The Balaban J connectivity index is 0. The van der Waals surface area contributed by atoms with Crippen molar-refractivity contribution in [2.24, 2.45) is 0 Å². The number of aromatic nitrogens is 1. The maximum Gasteiger partial charge on any atom is 0.416 e. The molecule has 40 heavy (non-hydrogen) atoms. The number of carbonyl (C=O) groups is 2. The molecule has 3 rings (SSSR count). The summed E-state index contributed by atoms with van der Waals surface area (Å²) in [5, 5.41) is 3.15. The third-order valence-electron chi connectivity index (χ3n) is 5.31. The molecule has 220 valence electrons. The Labute approximate surface area is 238 Å². The van der Waals surface area contributed by atoms with E-state index in [0.29, 0.717) is 0 Å². The van der Waals surface area contributed by atoms with Crippen LogP contribution < -0.4 is 10.2 Å². The molecular formula is C32H44F3N3O2. The fraction of sp³-hybridized carbons (Fsp3) is 0.344. The van der Waals surface area contributed by atoms with Crippen molar-refractivity contribution >= 4 is 30.5 Å². The number of alkyl halides is 3. The molecule has 0 atom stereocenters. The summed E-state index contributed by atoms with van der Waals surface area (Å²) in [6.45, 7) is 19.9. The third-order valence-corrected chi connectivity index (χ3v) is 5.31. The third kappa shape index (κ3) is 13.2. The summed E-state index contributed by atoms with van der Waals surface area (Å²) in [7, 11) is 1.92. The Kier molecular flexibility index (Phi) is 21.0. The van der Waals surface area contributed by atoms with Crippen LogP contribution in [0.15, 0.2) is 73.6 Å². The molecule has 0 aliphatic carbocycles. The summed E-state index contributed by atoms with van der Waals surface area (Å²) in [6, 6.07) is 15.7. The van der Waals surface area contributed by atoms with Crippen molar-refractivity contribution in [3.8, 4) is 11.1 Å². The Morgan fingerprint density at radius 3 is 1.77 bits per heavy atom. The van der Waals surface area contributed by atoms with Crippen molar-refractivity contribution in [1.82, 2.24) is 4.98 Å². The van der Waals surface area contributed by atoms with Gasteiger partial charge in [-0.25, -0.2) is 0 Å². The number of hydrogen-bond donors (Lipinski definition) is 1. The van der Waals surface area contributed by atoms with Gasteiger partial charge in [0.2, 0.25) is 0 Å². The Morgan fingerprint density at radius 2 is 1.38 bits per heavy atom. The number of benzene rings is 2. The molecule has 0 amide bonds. The number of anilines is 2. The molecule has 0 unspecified atom stereocenters. The quantitative estimate of drug-likeness (QED) is 0.299. The Hall–Kier alpha value is -3.94. The first-order chi connectivity index (χ1) is 19.2. The average Bonchev–Trinajstić information content (AvgIpc) is 3.00. The van der Waals surface area contributed by atoms with Crippen LogP contribution in [0.25, 0.3) is 16.7 Å². The summed E-state index contributed by atoms with van der Waals surface area (Å²) in [6.07, 6.45) is 1.34. The molecule has 5 nitrogen and oxygen atoms in total. The van der Waals surface area contributed by atoms with E-state index >= 15 is 0 Å². The molecule has 3 aromatic rings. The largest absolute Gasteiger partial charge is 0.416 e. The molecule has 1 aromatic heterocycles. The van der Waals surface area contributed by atoms with Gasteiger partial charge < -0.3 is 19.8 Å². The lowest BCUT2D eigenvalue weighted by Gasteiger charge is -2.24. The minimum atomic E-state index is -4.25. The van der Waals surface area contributed by atoms with Crippen molar-refractivity contribution in [3.05, 3.63) is 84.7 Å². The van der Waals surface area contributed by atoms with Gasteiger partial charge in [-0.1, -0.05) is 45.9 Å². The molecule has 0 saturated heterocycles. The van der Waals surface area contributed by atoms with Gasteiger partial charge in [0.05, 0.1) is 5.56 Å². The topological polar surface area (TPSA) is 62.3 Å². The number of nitrogens with zero attached hydrogens (tertiary/aromatic N) is 2. The number of nitrogens with one attached hydrogen (secondary N) is 1. The SMILES string of the molecule is C=C(C)c1cc(NC)ccc1-c1ccncc1.C=O.C=O.CC.CCCN(CCC)c1ccc(C(F)(F)F)cc1. The van der Waals surface area contributed by atoms with Crippen molar-refractivity contribution in [3.63, 3.8) is 0 Å². The number of rotatable bonds is 8. The van der Waals surface area contributed by atoms with E-state index in [1.807, 2.05) is 65.9 Å². The lowest BCUT2D eigenvalue weighted by atomic mass is 9.96. The van der Waals surface area contributed by atoms with Gasteiger partial charge in [-0.15, -0.1) is 0 Å². The standard InChI is InChI=1S/C15H16N2.C13H18F3N.C2H6.2CH2O/c1-11(2)15-10-13(16-3)4-5-14(15)12-6-8-17-9-7-12;1-3-9-17(10-4-2)12-7-5-11(6-8-12)13(14,15)16;3*1-2/h4-10,16H,1H2,2-3H3;5-8H,3-4,9-10H2,1-2H3;1-2H3;2*1H2. The van der Waals surface area contributed by atoms with E-state index in [1.54, 1.807) is 12.1 Å². The van der Waals surface area contributed by atoms with Crippen molar-refractivity contribution in [2.75, 3.05) is 30.4 Å². The second-order valence-electron chi connectivity index (χ2n) is 8.06. The van der Waals surface area contributed by atoms with E-state index in [2.05, 4.69) is 53.8 Å². The van der Waals surface area contributed by atoms with Crippen molar-refractivity contribution in [1.29, 1.82) is 0 Å². The fourth-order valence-corrected chi connectivity index (χ4v) is 3.61. The Bertz CT molecular complexity index is 1070. The van der Waals surface area contributed by atoms with Crippen LogP contribution in [0.5, 0.6) is 0 Å². The van der Waals surface area contributed by atoms with Crippen LogP contribution in [0.4, 0.5) is 24.5 Å². The van der Waals surface area contributed by atoms with Gasteiger partial charge in [0.1, 0.15) is 13.6 Å². The summed E-state index contributed by atoms with van der Waals surface area (Å²) in [5.74, 6) is 0. The molecule has 8 heteroatoms. The van der Waals surface area contributed by atoms with Gasteiger partial charge in [-0.3, -0.25) is 4.98 Å². The second-order valence-corrected chi connectivity index (χ2v) is 8.06. The van der Waals surface area contributed by atoms with E-state index < -0.39 is 11.7 Å². The first-order valence-corrected chi connectivity index (χ1v) is 13.1. The molecule has 0 spiro atoms. The van der Waals surface area contributed by atoms with Crippen LogP contribution in [-0.4, -0.2) is 38.7 Å². The van der Waals surface area contributed by atoms with E-state index in [1.165, 1.54) is 16.7 Å². The maximum atomic E-state index is 12.4. The molecule has 0 bridgehead atoms. The normalized spacial score (nSPS) is 9.53. The van der Waals surface area contributed by atoms with Gasteiger partial charge >= 0.3 is 6.18 Å². The number of carbonyl (C=O) groups excluding carboxylic acids is 2. The lowest BCUT2D eigenvalue weighted by Crippen LogP contribution is -2.24. The first kappa shape index (κ1) is 38.2. The average molecular weight is 560 g/mol. The second kappa shape index (κ2) is 21.9. The van der Waals surface area contributed by atoms with Gasteiger partial charge in [0, 0.05) is 43.9 Å². The van der Waals surface area contributed by atoms with E-state index in [9.17, 15) is 13.2 Å². The van der Waals surface area contributed by atoms with Crippen LogP contribution in [0.2, 0.25) is 0 Å². The molecule has 0 radical (unpaired) electrons. The van der Waals surface area contributed by atoms with Gasteiger partial charge in [0.15, 0.2) is 0 Å². The molecular weight excluding hydrogens is 515 g/mol. The molecule has 1 heterocycles. The summed E-state index contributed by atoms with van der Waals surface area (Å²) in [4.78, 5) is 22.2. The molecule has 1 N–H and O–H groups in total. The van der Waals surface area contributed by atoms with Crippen molar-refractivity contribution in [2.45, 2.75) is 53.6 Å². The van der Waals surface area contributed by atoms with Crippen LogP contribution in [-0.2, 0) is 15.8 Å². The highest BCUT2D eigenvalue weighted by Crippen LogP contribution is 2.31. The highest BCUT2D eigenvalue weighted by molar-refractivity contribution is 5.81. The summed E-state index contributed by atoms with van der Waals surface area (Å²) < 4.78 is 37.2. The summed E-state index contributed by atoms with van der Waals surface area (Å²) in [5.41, 5.74) is 5.97. The van der Waals surface area contributed by atoms with Crippen LogP contribution in [0.3, 0.4) is 0 Å². The van der Waals surface area contributed by atoms with Crippen molar-refractivity contribution < 1.29 is 22.8 Å². The number of halogens is 3. The zero-order chi connectivity index (χ0) is 31.1. The number of pyridine rings is 1. The Morgan fingerprint density at radius 1 is 0.875 bits per heavy atom. The zero-order valence-electron chi connectivity index (χ0n) is 24.6. The monoisotopic (exact) mass is 559 g/mol. The molecule has 0 saturated carbocycles. The minimum absolute atomic E-state index is 0.589. The molecule has 2 aromatic carbocycles. The van der Waals surface area contributed by atoms with E-state index in [-0.39, 0.29) is 0 Å². The smallest absolute Gasteiger partial charge is 0.388 e. The van der Waals surface area contributed by atoms with Gasteiger partial charge in [-0.2, -0.15) is 13.2 Å². The predicted octanol–water partition coefficient (Wildman–Crippen LogP) is 8.81. The van der Waals surface area contributed by atoms with Crippen LogP contribution in [0.1, 0.15) is 58.6 Å². The highest BCUT2D eigenvalue weighted by atomic mass is 19.4. The van der Waals surface area contributed by atoms with E-state index in [4.69, 9.17) is 9.59 Å². The van der Waals surface area contributed by atoms with E-state index in [0.717, 1.165) is 55.0 Å². The predicted molar refractivity (Wildman–Crippen MR) is 164 cm³/mol. The van der Waals surface area contributed by atoms with Crippen LogP contribution >= 0.6 is 0 Å². The van der Waals surface area contributed by atoms with Gasteiger partial charge in [0.25, 0.3) is 0 Å². The first-order valence-electron chi connectivity index (χ1n) is 13.1. The number of hydrogen-bond acceptors (Lipinski definition) is 5.